The third kappa shape index (κ3) is 6.78. The fourth-order valence-corrected chi connectivity index (χ4v) is 2.02. The average Bonchev–Trinajstić information content (AvgIpc) is 2.69. The van der Waals surface area contributed by atoms with Crippen LogP contribution < -0.4 is 10.6 Å². The van der Waals surface area contributed by atoms with Crippen LogP contribution in [0.2, 0.25) is 0 Å². The van der Waals surface area contributed by atoms with Crippen LogP contribution in [0.1, 0.15) is 33.6 Å². The number of alkyl carbamates (subject to hydrolysis) is 1. The summed E-state index contributed by atoms with van der Waals surface area (Å²) in [6.07, 6.45) is 2.69. The Balaban J connectivity index is 2.65. The van der Waals surface area contributed by atoms with E-state index in [0.717, 1.165) is 6.08 Å². The van der Waals surface area contributed by atoms with E-state index in [1.165, 1.54) is 6.08 Å². The van der Waals surface area contributed by atoms with E-state index in [1.807, 2.05) is 0 Å². The number of hydrogen-bond acceptors (Lipinski definition) is 4. The summed E-state index contributed by atoms with van der Waals surface area (Å²) in [5, 5.41) is 14.0. The molecule has 0 spiro atoms. The number of nitrogens with one attached hydrogen (secondary N) is 2. The predicted molar refractivity (Wildman–Crippen MR) is 75.7 cm³/mol. The number of ether oxygens (including phenoxy) is 1. The third-order valence-electron chi connectivity index (χ3n) is 2.87. The summed E-state index contributed by atoms with van der Waals surface area (Å²) in [5.41, 5.74) is -0.643. The van der Waals surface area contributed by atoms with Crippen molar-refractivity contribution in [1.29, 1.82) is 0 Å². The van der Waals surface area contributed by atoms with Crippen LogP contribution in [0, 0.1) is 5.92 Å². The van der Waals surface area contributed by atoms with E-state index < -0.39 is 23.7 Å². The monoisotopic (exact) mass is 298 g/mol. The van der Waals surface area contributed by atoms with E-state index in [9.17, 15) is 14.4 Å². The molecule has 118 valence electrons. The molecule has 0 saturated carbocycles. The topological polar surface area (TPSA) is 105 Å². The summed E-state index contributed by atoms with van der Waals surface area (Å²) in [6, 6.07) is -0.565. The molecule has 1 saturated heterocycles. The lowest BCUT2D eigenvalue weighted by Gasteiger charge is -2.23. The lowest BCUT2D eigenvalue weighted by molar-refractivity contribution is -0.131. The van der Waals surface area contributed by atoms with Gasteiger partial charge in [-0.25, -0.2) is 9.59 Å². The number of carboxylic acids is 1. The largest absolute Gasteiger partial charge is 0.478 e. The summed E-state index contributed by atoms with van der Waals surface area (Å²) in [5.74, 6) is -1.42. The molecule has 1 rings (SSSR count). The average molecular weight is 298 g/mol. The first-order valence-corrected chi connectivity index (χ1v) is 6.86. The SMILES string of the molecule is CC(C)(C)OC(=O)NC(/C=C/C(=O)O)CC1CCNC1=O. The molecule has 2 unspecified atom stereocenters. The molecule has 2 atom stereocenters. The first-order chi connectivity index (χ1) is 9.67. The van der Waals surface area contributed by atoms with E-state index in [4.69, 9.17) is 9.84 Å². The Hall–Kier alpha value is -2.05. The number of aliphatic carboxylic acids is 1. The van der Waals surface area contributed by atoms with Crippen LogP contribution in [0.3, 0.4) is 0 Å². The van der Waals surface area contributed by atoms with Gasteiger partial charge in [0, 0.05) is 18.5 Å². The molecule has 1 aliphatic rings. The van der Waals surface area contributed by atoms with Gasteiger partial charge < -0.3 is 20.5 Å². The molecule has 0 aliphatic carbocycles. The lowest BCUT2D eigenvalue weighted by Crippen LogP contribution is -2.40. The fourth-order valence-electron chi connectivity index (χ4n) is 2.02. The van der Waals surface area contributed by atoms with Crippen molar-refractivity contribution in [1.82, 2.24) is 10.6 Å². The molecule has 2 amide bonds. The van der Waals surface area contributed by atoms with Crippen LogP contribution in [-0.4, -0.2) is 41.3 Å². The maximum absolute atomic E-state index is 11.8. The van der Waals surface area contributed by atoms with Crippen LogP contribution in [0.15, 0.2) is 12.2 Å². The highest BCUT2D eigenvalue weighted by molar-refractivity contribution is 5.81. The van der Waals surface area contributed by atoms with Crippen molar-refractivity contribution in [2.75, 3.05) is 6.54 Å². The van der Waals surface area contributed by atoms with Gasteiger partial charge in [-0.05, 0) is 33.6 Å². The minimum atomic E-state index is -1.11. The number of rotatable bonds is 5. The molecule has 1 aliphatic heterocycles. The van der Waals surface area contributed by atoms with Crippen LogP contribution >= 0.6 is 0 Å². The molecule has 0 aromatic heterocycles. The Kier molecular flexibility index (Phi) is 5.75. The predicted octanol–water partition coefficient (Wildman–Crippen LogP) is 1.05. The number of hydrogen-bond donors (Lipinski definition) is 3. The molecule has 21 heavy (non-hydrogen) atoms. The van der Waals surface area contributed by atoms with Gasteiger partial charge in [-0.15, -0.1) is 0 Å². The van der Waals surface area contributed by atoms with Crippen LogP contribution in [0.25, 0.3) is 0 Å². The van der Waals surface area contributed by atoms with Crippen molar-refractivity contribution >= 4 is 18.0 Å². The lowest BCUT2D eigenvalue weighted by atomic mass is 9.98. The first kappa shape index (κ1) is 17.0. The van der Waals surface area contributed by atoms with Gasteiger partial charge in [-0.2, -0.15) is 0 Å². The highest BCUT2D eigenvalue weighted by Gasteiger charge is 2.28. The molecule has 0 bridgehead atoms. The first-order valence-electron chi connectivity index (χ1n) is 6.86. The minimum absolute atomic E-state index is 0.0743. The van der Waals surface area contributed by atoms with Crippen LogP contribution in [0.5, 0.6) is 0 Å². The summed E-state index contributed by atoms with van der Waals surface area (Å²) < 4.78 is 5.13. The molecular formula is C14H22N2O5. The van der Waals surface area contributed by atoms with E-state index >= 15 is 0 Å². The van der Waals surface area contributed by atoms with Crippen molar-refractivity contribution in [3.63, 3.8) is 0 Å². The van der Waals surface area contributed by atoms with Crippen molar-refractivity contribution in [2.24, 2.45) is 5.92 Å². The molecule has 7 nitrogen and oxygen atoms in total. The highest BCUT2D eigenvalue weighted by Crippen LogP contribution is 2.17. The van der Waals surface area contributed by atoms with E-state index in [-0.39, 0.29) is 11.8 Å². The number of carbonyl (C=O) groups excluding carboxylic acids is 2. The fraction of sp³-hybridized carbons (Fsp3) is 0.643. The van der Waals surface area contributed by atoms with Crippen molar-refractivity contribution in [3.8, 4) is 0 Å². The second-order valence-electron chi connectivity index (χ2n) is 5.96. The third-order valence-corrected chi connectivity index (χ3v) is 2.87. The Morgan fingerprint density at radius 3 is 2.67 bits per heavy atom. The molecular weight excluding hydrogens is 276 g/mol. The Labute approximate surface area is 123 Å². The summed E-state index contributed by atoms with van der Waals surface area (Å²) in [6.45, 7) is 5.81. The quantitative estimate of drug-likeness (QED) is 0.658. The molecule has 3 N–H and O–H groups in total. The van der Waals surface area contributed by atoms with Gasteiger partial charge in [0.1, 0.15) is 5.60 Å². The highest BCUT2D eigenvalue weighted by atomic mass is 16.6. The summed E-state index contributed by atoms with van der Waals surface area (Å²) in [4.78, 5) is 33.9. The second-order valence-corrected chi connectivity index (χ2v) is 5.96. The zero-order valence-corrected chi connectivity index (χ0v) is 12.5. The van der Waals surface area contributed by atoms with Gasteiger partial charge in [-0.1, -0.05) is 6.08 Å². The maximum atomic E-state index is 11.8. The molecule has 7 heteroatoms. The molecule has 1 fully saturated rings. The van der Waals surface area contributed by atoms with E-state index in [1.54, 1.807) is 20.8 Å². The number of carbonyl (C=O) groups is 3. The van der Waals surface area contributed by atoms with E-state index in [0.29, 0.717) is 19.4 Å². The summed E-state index contributed by atoms with van der Waals surface area (Å²) >= 11 is 0. The normalized spacial score (nSPS) is 20.1. The van der Waals surface area contributed by atoms with Gasteiger partial charge in [0.2, 0.25) is 5.91 Å². The standard InChI is InChI=1S/C14H22N2O5/c1-14(2,3)21-13(20)16-10(4-5-11(17)18)8-9-6-7-15-12(9)19/h4-5,9-10H,6-8H2,1-3H3,(H,15,19)(H,16,20)(H,17,18)/b5-4+. The van der Waals surface area contributed by atoms with Crippen LogP contribution in [-0.2, 0) is 14.3 Å². The Bertz CT molecular complexity index is 439. The van der Waals surface area contributed by atoms with Gasteiger partial charge in [0.05, 0.1) is 6.04 Å². The van der Waals surface area contributed by atoms with Crippen molar-refractivity contribution in [2.45, 2.75) is 45.3 Å². The van der Waals surface area contributed by atoms with Crippen LogP contribution in [0.4, 0.5) is 4.79 Å². The maximum Gasteiger partial charge on any atom is 0.408 e. The van der Waals surface area contributed by atoms with Crippen molar-refractivity contribution < 1.29 is 24.2 Å². The summed E-state index contributed by atoms with van der Waals surface area (Å²) in [7, 11) is 0. The van der Waals surface area contributed by atoms with E-state index in [2.05, 4.69) is 10.6 Å². The smallest absolute Gasteiger partial charge is 0.408 e. The van der Waals surface area contributed by atoms with Gasteiger partial charge in [0.25, 0.3) is 0 Å². The molecule has 0 aromatic rings. The molecule has 1 heterocycles. The minimum Gasteiger partial charge on any atom is -0.478 e. The molecule has 0 aromatic carbocycles. The Morgan fingerprint density at radius 2 is 2.19 bits per heavy atom. The molecule has 0 radical (unpaired) electrons. The van der Waals surface area contributed by atoms with Gasteiger partial charge in [-0.3, -0.25) is 4.79 Å². The second kappa shape index (κ2) is 7.10. The zero-order chi connectivity index (χ0) is 16.0. The van der Waals surface area contributed by atoms with Gasteiger partial charge in [0.15, 0.2) is 0 Å². The van der Waals surface area contributed by atoms with Crippen molar-refractivity contribution in [3.05, 3.63) is 12.2 Å². The number of carboxylic acid groups (broad SMARTS) is 1. The zero-order valence-electron chi connectivity index (χ0n) is 12.5. The number of amides is 2. The van der Waals surface area contributed by atoms with Gasteiger partial charge >= 0.3 is 12.1 Å². The Morgan fingerprint density at radius 1 is 1.52 bits per heavy atom.